The van der Waals surface area contributed by atoms with Crippen LogP contribution in [0.1, 0.15) is 36.5 Å². The predicted octanol–water partition coefficient (Wildman–Crippen LogP) is 3.08. The Balaban J connectivity index is 1.85. The number of amides is 2. The Bertz CT molecular complexity index is 548. The zero-order valence-electron chi connectivity index (χ0n) is 11.9. The summed E-state index contributed by atoms with van der Waals surface area (Å²) in [6, 6.07) is 3.09. The van der Waals surface area contributed by atoms with Gasteiger partial charge >= 0.3 is 12.0 Å². The third-order valence-electron chi connectivity index (χ3n) is 3.81. The number of hydrogen-bond acceptors (Lipinski definition) is 2. The number of carboxylic acids is 1. The summed E-state index contributed by atoms with van der Waals surface area (Å²) < 4.78 is 13.5. The number of carbonyl (C=O) groups excluding carboxylic acids is 1. The molecule has 1 aliphatic rings. The molecule has 5 nitrogen and oxygen atoms in total. The molecule has 0 saturated heterocycles. The molecule has 0 bridgehead atoms. The maximum absolute atomic E-state index is 13.5. The molecule has 21 heavy (non-hydrogen) atoms. The van der Waals surface area contributed by atoms with Crippen LogP contribution >= 0.6 is 0 Å². The molecule has 0 radical (unpaired) electrons. The highest BCUT2D eigenvalue weighted by Crippen LogP contribution is 2.29. The van der Waals surface area contributed by atoms with E-state index in [0.29, 0.717) is 18.4 Å². The van der Waals surface area contributed by atoms with E-state index in [1.807, 2.05) is 0 Å². The molecule has 2 amide bonds. The van der Waals surface area contributed by atoms with Crippen molar-refractivity contribution in [3.63, 3.8) is 0 Å². The summed E-state index contributed by atoms with van der Waals surface area (Å²) >= 11 is 0. The predicted molar refractivity (Wildman–Crippen MR) is 76.9 cm³/mol. The molecule has 0 aromatic heterocycles. The molecule has 3 N–H and O–H groups in total. The van der Waals surface area contributed by atoms with Gasteiger partial charge in [-0.1, -0.05) is 13.3 Å². The van der Waals surface area contributed by atoms with Crippen molar-refractivity contribution in [2.45, 2.75) is 26.2 Å². The van der Waals surface area contributed by atoms with Crippen molar-refractivity contribution in [2.75, 3.05) is 11.9 Å². The van der Waals surface area contributed by atoms with Gasteiger partial charge in [0.05, 0.1) is 5.56 Å². The Morgan fingerprint density at radius 3 is 2.71 bits per heavy atom. The lowest BCUT2D eigenvalue weighted by Crippen LogP contribution is -2.32. The second kappa shape index (κ2) is 6.56. The number of urea groups is 1. The minimum atomic E-state index is -1.33. The highest BCUT2D eigenvalue weighted by molar-refractivity contribution is 5.91. The van der Waals surface area contributed by atoms with E-state index in [0.717, 1.165) is 25.0 Å². The quantitative estimate of drug-likeness (QED) is 0.798. The maximum Gasteiger partial charge on any atom is 0.338 e. The van der Waals surface area contributed by atoms with Crippen LogP contribution in [-0.4, -0.2) is 23.7 Å². The van der Waals surface area contributed by atoms with Crippen LogP contribution in [0.2, 0.25) is 0 Å². The van der Waals surface area contributed by atoms with Crippen molar-refractivity contribution in [2.24, 2.45) is 11.8 Å². The van der Waals surface area contributed by atoms with Crippen LogP contribution in [0.25, 0.3) is 0 Å². The summed E-state index contributed by atoms with van der Waals surface area (Å²) in [7, 11) is 0. The standard InChI is InChI=1S/C15H19FN2O3/c1-9-2-3-10(6-9)8-17-15(21)18-11-4-5-12(14(19)20)13(16)7-11/h4-5,7,9-10H,2-3,6,8H2,1H3,(H,19,20)(H2,17,18,21). The van der Waals surface area contributed by atoms with Gasteiger partial charge in [0, 0.05) is 12.2 Å². The Hall–Kier alpha value is -2.11. The normalized spacial score (nSPS) is 21.0. The molecule has 2 atom stereocenters. The van der Waals surface area contributed by atoms with Crippen LogP contribution in [0.3, 0.4) is 0 Å². The summed E-state index contributed by atoms with van der Waals surface area (Å²) in [4.78, 5) is 22.4. The van der Waals surface area contributed by atoms with Crippen molar-refractivity contribution in [1.82, 2.24) is 5.32 Å². The van der Waals surface area contributed by atoms with Gasteiger partial charge in [-0.05, 0) is 42.9 Å². The summed E-state index contributed by atoms with van der Waals surface area (Å²) in [5, 5.41) is 14.0. The van der Waals surface area contributed by atoms with Crippen LogP contribution in [0.5, 0.6) is 0 Å². The second-order valence-corrected chi connectivity index (χ2v) is 5.62. The SMILES string of the molecule is CC1CCC(CNC(=O)Nc2ccc(C(=O)O)c(F)c2)C1. The fraction of sp³-hybridized carbons (Fsp3) is 0.467. The van der Waals surface area contributed by atoms with Crippen LogP contribution < -0.4 is 10.6 Å². The zero-order chi connectivity index (χ0) is 15.4. The zero-order valence-corrected chi connectivity index (χ0v) is 11.9. The molecule has 1 aromatic carbocycles. The Kier molecular flexibility index (Phi) is 4.77. The molecule has 0 heterocycles. The van der Waals surface area contributed by atoms with Crippen LogP contribution in [0.15, 0.2) is 18.2 Å². The number of carbonyl (C=O) groups is 2. The van der Waals surface area contributed by atoms with Crippen molar-refractivity contribution in [1.29, 1.82) is 0 Å². The summed E-state index contributed by atoms with van der Waals surface area (Å²) in [6.07, 6.45) is 3.42. The maximum atomic E-state index is 13.5. The fourth-order valence-electron chi connectivity index (χ4n) is 2.69. The average Bonchev–Trinajstić information content (AvgIpc) is 2.82. The molecule has 1 aliphatic carbocycles. The molecule has 2 rings (SSSR count). The van der Waals surface area contributed by atoms with Gasteiger partial charge in [0.1, 0.15) is 5.82 Å². The lowest BCUT2D eigenvalue weighted by Gasteiger charge is -2.12. The molecule has 0 aliphatic heterocycles. The van der Waals surface area contributed by atoms with Crippen LogP contribution in [0, 0.1) is 17.7 Å². The van der Waals surface area contributed by atoms with Crippen LogP contribution in [0.4, 0.5) is 14.9 Å². The van der Waals surface area contributed by atoms with Crippen molar-refractivity contribution in [3.8, 4) is 0 Å². The van der Waals surface area contributed by atoms with E-state index >= 15 is 0 Å². The molecule has 1 fully saturated rings. The number of carboxylic acid groups (broad SMARTS) is 1. The van der Waals surface area contributed by atoms with E-state index in [-0.39, 0.29) is 5.69 Å². The lowest BCUT2D eigenvalue weighted by atomic mass is 10.1. The fourth-order valence-corrected chi connectivity index (χ4v) is 2.69. The molecule has 1 saturated carbocycles. The number of nitrogens with one attached hydrogen (secondary N) is 2. The molecular weight excluding hydrogens is 275 g/mol. The van der Waals surface area contributed by atoms with Gasteiger partial charge in [-0.3, -0.25) is 0 Å². The Morgan fingerprint density at radius 1 is 1.38 bits per heavy atom. The third-order valence-corrected chi connectivity index (χ3v) is 3.81. The van der Waals surface area contributed by atoms with Crippen LogP contribution in [-0.2, 0) is 0 Å². The summed E-state index contributed by atoms with van der Waals surface area (Å²) in [6.45, 7) is 2.80. The Labute approximate surface area is 122 Å². The first-order valence-electron chi connectivity index (χ1n) is 7.03. The van der Waals surface area contributed by atoms with Gasteiger partial charge in [-0.2, -0.15) is 0 Å². The molecular formula is C15H19FN2O3. The first kappa shape index (κ1) is 15.3. The molecule has 1 aromatic rings. The smallest absolute Gasteiger partial charge is 0.338 e. The second-order valence-electron chi connectivity index (χ2n) is 5.62. The number of halogens is 1. The lowest BCUT2D eigenvalue weighted by molar-refractivity contribution is 0.0692. The van der Waals surface area contributed by atoms with E-state index in [1.165, 1.54) is 12.5 Å². The largest absolute Gasteiger partial charge is 0.478 e. The highest BCUT2D eigenvalue weighted by atomic mass is 19.1. The minimum Gasteiger partial charge on any atom is -0.478 e. The number of rotatable bonds is 4. The van der Waals surface area contributed by atoms with Crippen molar-refractivity contribution < 1.29 is 19.1 Å². The number of aromatic carboxylic acids is 1. The van der Waals surface area contributed by atoms with E-state index in [4.69, 9.17) is 5.11 Å². The summed E-state index contributed by atoms with van der Waals surface area (Å²) in [5.41, 5.74) is -0.185. The van der Waals surface area contributed by atoms with Gasteiger partial charge in [-0.15, -0.1) is 0 Å². The first-order chi connectivity index (χ1) is 9.95. The molecule has 2 unspecified atom stereocenters. The van der Waals surface area contributed by atoms with Crippen molar-refractivity contribution in [3.05, 3.63) is 29.6 Å². The van der Waals surface area contributed by atoms with Gasteiger partial charge in [0.15, 0.2) is 0 Å². The van der Waals surface area contributed by atoms with Gasteiger partial charge in [-0.25, -0.2) is 14.0 Å². The monoisotopic (exact) mass is 294 g/mol. The van der Waals surface area contributed by atoms with Gasteiger partial charge < -0.3 is 15.7 Å². The molecule has 0 spiro atoms. The van der Waals surface area contributed by atoms with Gasteiger partial charge in [0.2, 0.25) is 0 Å². The van der Waals surface area contributed by atoms with E-state index in [2.05, 4.69) is 17.6 Å². The number of anilines is 1. The number of benzene rings is 1. The summed E-state index contributed by atoms with van der Waals surface area (Å²) in [5.74, 6) is -1.00. The third kappa shape index (κ3) is 4.18. The minimum absolute atomic E-state index is 0.231. The Morgan fingerprint density at radius 2 is 2.14 bits per heavy atom. The molecule has 114 valence electrons. The van der Waals surface area contributed by atoms with E-state index in [9.17, 15) is 14.0 Å². The highest BCUT2D eigenvalue weighted by Gasteiger charge is 2.21. The topological polar surface area (TPSA) is 78.4 Å². The average molecular weight is 294 g/mol. The first-order valence-corrected chi connectivity index (χ1v) is 7.03. The van der Waals surface area contributed by atoms with E-state index < -0.39 is 23.4 Å². The number of hydrogen-bond donors (Lipinski definition) is 3. The van der Waals surface area contributed by atoms with Gasteiger partial charge in [0.25, 0.3) is 0 Å². The van der Waals surface area contributed by atoms with Crippen molar-refractivity contribution >= 4 is 17.7 Å². The van der Waals surface area contributed by atoms with E-state index in [1.54, 1.807) is 0 Å². The molecule has 6 heteroatoms.